The van der Waals surface area contributed by atoms with Gasteiger partial charge in [0.2, 0.25) is 0 Å². The van der Waals surface area contributed by atoms with E-state index in [4.69, 9.17) is 9.88 Å². The van der Waals surface area contributed by atoms with Gasteiger partial charge in [-0.3, -0.25) is 9.59 Å². The minimum Gasteiger partial charge on any atom is -0.436 e. The molecule has 15 heteroatoms. The summed E-state index contributed by atoms with van der Waals surface area (Å²) in [6, 6.07) is 14.9. The Morgan fingerprint density at radius 3 is 2.20 bits per heavy atom. The van der Waals surface area contributed by atoms with Gasteiger partial charge in [0.25, 0.3) is 21.7 Å². The molecule has 3 saturated heterocycles. The number of anilines is 1. The topological polar surface area (TPSA) is 168 Å². The van der Waals surface area contributed by atoms with Gasteiger partial charge in [-0.2, -0.15) is 12.7 Å². The van der Waals surface area contributed by atoms with Crippen molar-refractivity contribution in [2.24, 2.45) is 24.0 Å². The average Bonchev–Trinajstić information content (AvgIpc) is 3.33. The maximum atomic E-state index is 14.3. The van der Waals surface area contributed by atoms with Gasteiger partial charge in [0.05, 0.1) is 5.52 Å². The molecule has 4 aliphatic rings. The highest BCUT2D eigenvalue weighted by Gasteiger charge is 2.37. The molecule has 3 aromatic rings. The van der Waals surface area contributed by atoms with E-state index in [2.05, 4.69) is 5.32 Å². The minimum atomic E-state index is -3.69. The van der Waals surface area contributed by atoms with E-state index in [1.54, 1.807) is 27.5 Å². The van der Waals surface area contributed by atoms with E-state index in [1.807, 2.05) is 48.2 Å². The normalized spacial score (nSPS) is 20.4. The molecule has 0 saturated carbocycles. The molecule has 7 rings (SSSR count). The molecule has 4 aliphatic heterocycles. The fourth-order valence-corrected chi connectivity index (χ4v) is 9.77. The number of rotatable bonds is 7. The molecule has 1 atom stereocenters. The smallest absolute Gasteiger partial charge is 0.410 e. The quantitative estimate of drug-likeness (QED) is 0.371. The monoisotopic (exact) mass is 761 g/mol. The number of aryl methyl sites for hydroxylation is 2. The predicted octanol–water partition coefficient (Wildman–Crippen LogP) is 3.60. The zero-order chi connectivity index (χ0) is 38.1. The second-order valence-corrected chi connectivity index (χ2v) is 16.9. The Morgan fingerprint density at radius 2 is 1.52 bits per heavy atom. The van der Waals surface area contributed by atoms with Crippen molar-refractivity contribution in [3.8, 4) is 0 Å². The molecule has 5 heterocycles. The Labute approximate surface area is 316 Å². The molecular weight excluding hydrogens is 711 g/mol. The average molecular weight is 762 g/mol. The lowest BCUT2D eigenvalue weighted by Gasteiger charge is -2.40. The molecule has 2 aromatic carbocycles. The first-order valence-electron chi connectivity index (χ1n) is 19.1. The number of fused-ring (bicyclic) bond motifs is 2. The van der Waals surface area contributed by atoms with Crippen LogP contribution >= 0.6 is 0 Å². The van der Waals surface area contributed by atoms with Crippen molar-refractivity contribution < 1.29 is 27.5 Å². The van der Waals surface area contributed by atoms with Crippen LogP contribution in [0.15, 0.2) is 53.3 Å². The molecule has 0 spiro atoms. The van der Waals surface area contributed by atoms with Crippen molar-refractivity contribution in [2.75, 3.05) is 51.1 Å². The SMILES string of the molecule is Cc1cc(C[C@@H](OC(=O)N2CCC(N3CCc4ccccc4NC3=O)CC2)C(=O)N2CCC(C3CCN(S(N)(=O)=O)CC3)CC2)cc2ccc(=O)n(C)c12. The Kier molecular flexibility index (Phi) is 11.0. The maximum Gasteiger partial charge on any atom is 0.410 e. The van der Waals surface area contributed by atoms with Crippen LogP contribution in [-0.2, 0) is 39.6 Å². The number of urea groups is 1. The van der Waals surface area contributed by atoms with Gasteiger partial charge in [-0.1, -0.05) is 24.3 Å². The number of carbonyl (C=O) groups excluding carboxylic acids is 3. The van der Waals surface area contributed by atoms with E-state index in [9.17, 15) is 27.6 Å². The van der Waals surface area contributed by atoms with E-state index >= 15 is 0 Å². The molecule has 54 heavy (non-hydrogen) atoms. The van der Waals surface area contributed by atoms with Gasteiger partial charge in [0.15, 0.2) is 6.10 Å². The molecule has 3 N–H and O–H groups in total. The Bertz CT molecular complexity index is 2060. The highest BCUT2D eigenvalue weighted by molar-refractivity contribution is 7.86. The number of nitrogens with one attached hydrogen (secondary N) is 1. The minimum absolute atomic E-state index is 0.0226. The first kappa shape index (κ1) is 37.8. The lowest BCUT2D eigenvalue weighted by molar-refractivity contribution is -0.142. The Hall–Kier alpha value is -4.47. The first-order valence-corrected chi connectivity index (χ1v) is 20.6. The molecular formula is C39H51N7O7S. The molecule has 0 radical (unpaired) electrons. The third-order valence-electron chi connectivity index (χ3n) is 12.1. The summed E-state index contributed by atoms with van der Waals surface area (Å²) in [4.78, 5) is 58.9. The molecule has 4 amide bonds. The number of hydrogen-bond acceptors (Lipinski definition) is 7. The van der Waals surface area contributed by atoms with E-state index in [1.165, 1.54) is 10.4 Å². The number of amides is 4. The van der Waals surface area contributed by atoms with Crippen molar-refractivity contribution in [2.45, 2.75) is 70.4 Å². The van der Waals surface area contributed by atoms with Gasteiger partial charge >= 0.3 is 12.1 Å². The Balaban J connectivity index is 1.02. The van der Waals surface area contributed by atoms with Crippen LogP contribution in [0.1, 0.15) is 55.2 Å². The van der Waals surface area contributed by atoms with Crippen molar-refractivity contribution in [1.82, 2.24) is 23.6 Å². The molecule has 14 nitrogen and oxygen atoms in total. The molecule has 3 fully saturated rings. The van der Waals surface area contributed by atoms with Crippen molar-refractivity contribution in [1.29, 1.82) is 0 Å². The number of hydrogen-bond donors (Lipinski definition) is 2. The maximum absolute atomic E-state index is 14.3. The largest absolute Gasteiger partial charge is 0.436 e. The number of carbonyl (C=O) groups is 3. The number of para-hydroxylation sites is 1. The van der Waals surface area contributed by atoms with E-state index in [-0.39, 0.29) is 30.0 Å². The standard InChI is InChI=1S/C39H51N7O7S/c1-26-23-27(24-31-7-8-35(47)42(2)36(26)31)25-34(37(48)43-16-9-28(10-17-43)29-11-20-45(21-12-29)54(40,51)52)53-39(50)44-18-14-32(15-19-44)46-22-13-30-5-3-4-6-33(30)41-38(46)49/h3-8,23-24,28-29,32,34H,9-22,25H2,1-2H3,(H,41,49)(H2,40,51,52)/t34-/m1/s1. The van der Waals surface area contributed by atoms with Gasteiger partial charge in [0, 0.05) is 77.1 Å². The summed E-state index contributed by atoms with van der Waals surface area (Å²) in [5, 5.41) is 9.25. The lowest BCUT2D eigenvalue weighted by atomic mass is 9.79. The summed E-state index contributed by atoms with van der Waals surface area (Å²) in [6.45, 7) is 5.21. The van der Waals surface area contributed by atoms with Crippen LogP contribution in [0.4, 0.5) is 15.3 Å². The summed E-state index contributed by atoms with van der Waals surface area (Å²) in [7, 11) is -1.96. The van der Waals surface area contributed by atoms with Crippen LogP contribution in [0.25, 0.3) is 10.9 Å². The zero-order valence-electron chi connectivity index (χ0n) is 31.1. The number of nitrogens with two attached hydrogens (primary N) is 1. The predicted molar refractivity (Wildman–Crippen MR) is 205 cm³/mol. The Morgan fingerprint density at radius 1 is 0.870 bits per heavy atom. The summed E-state index contributed by atoms with van der Waals surface area (Å²) in [5.41, 5.74) is 4.36. The number of piperidine rings is 3. The molecule has 290 valence electrons. The van der Waals surface area contributed by atoms with Crippen molar-refractivity contribution in [3.63, 3.8) is 0 Å². The summed E-state index contributed by atoms with van der Waals surface area (Å²) in [5.74, 6) is 0.498. The van der Waals surface area contributed by atoms with Crippen LogP contribution < -0.4 is 16.0 Å². The molecule has 0 bridgehead atoms. The second-order valence-electron chi connectivity index (χ2n) is 15.4. The number of ether oxygens (including phenoxy) is 1. The van der Waals surface area contributed by atoms with Gasteiger partial charge < -0.3 is 29.3 Å². The number of benzene rings is 2. The molecule has 0 unspecified atom stereocenters. The van der Waals surface area contributed by atoms with E-state index in [0.717, 1.165) is 65.4 Å². The summed E-state index contributed by atoms with van der Waals surface area (Å²) < 4.78 is 32.7. The molecule has 0 aliphatic carbocycles. The van der Waals surface area contributed by atoms with Crippen LogP contribution in [0.5, 0.6) is 0 Å². The van der Waals surface area contributed by atoms with Gasteiger partial charge in [-0.25, -0.2) is 14.7 Å². The number of likely N-dealkylation sites (tertiary alicyclic amines) is 2. The van der Waals surface area contributed by atoms with Gasteiger partial charge in [-0.05, 0) is 104 Å². The highest BCUT2D eigenvalue weighted by Crippen LogP contribution is 2.34. The third kappa shape index (κ3) is 8.13. The lowest BCUT2D eigenvalue weighted by Crippen LogP contribution is -2.52. The van der Waals surface area contributed by atoms with E-state index < -0.39 is 22.4 Å². The highest BCUT2D eigenvalue weighted by atomic mass is 32.2. The number of aromatic nitrogens is 1. The first-order chi connectivity index (χ1) is 25.9. The van der Waals surface area contributed by atoms with Gasteiger partial charge in [-0.15, -0.1) is 0 Å². The van der Waals surface area contributed by atoms with Crippen LogP contribution in [0, 0.1) is 18.8 Å². The third-order valence-corrected chi connectivity index (χ3v) is 13.2. The summed E-state index contributed by atoms with van der Waals surface area (Å²) in [6.07, 6.45) is 3.61. The molecule has 1 aromatic heterocycles. The zero-order valence-corrected chi connectivity index (χ0v) is 31.9. The summed E-state index contributed by atoms with van der Waals surface area (Å²) >= 11 is 0. The second kappa shape index (κ2) is 15.7. The fraction of sp³-hybridized carbons (Fsp3) is 0.538. The number of nitrogens with zero attached hydrogens (tertiary/aromatic N) is 5. The van der Waals surface area contributed by atoms with E-state index in [0.29, 0.717) is 70.5 Å². The van der Waals surface area contributed by atoms with Crippen molar-refractivity contribution in [3.05, 3.63) is 75.6 Å². The van der Waals surface area contributed by atoms with Gasteiger partial charge in [0.1, 0.15) is 0 Å². The van der Waals surface area contributed by atoms with Crippen LogP contribution in [-0.4, -0.2) is 108 Å². The number of pyridine rings is 1. The van der Waals surface area contributed by atoms with Crippen molar-refractivity contribution >= 4 is 44.8 Å². The fourth-order valence-electron chi connectivity index (χ4n) is 9.05. The van der Waals surface area contributed by atoms with Crippen LogP contribution in [0.2, 0.25) is 0 Å². The van der Waals surface area contributed by atoms with Crippen LogP contribution in [0.3, 0.4) is 0 Å².